The molecule has 1 aliphatic heterocycles. The largest absolute Gasteiger partial charge is 0.497 e. The zero-order valence-corrected chi connectivity index (χ0v) is 17.5. The predicted molar refractivity (Wildman–Crippen MR) is 112 cm³/mol. The van der Waals surface area contributed by atoms with Gasteiger partial charge in [0, 0.05) is 10.0 Å². The number of ether oxygens (including phenoxy) is 2. The Balaban J connectivity index is 2.00. The molecule has 0 bridgehead atoms. The number of amides is 4. The van der Waals surface area contributed by atoms with Gasteiger partial charge in [0.05, 0.1) is 19.4 Å². The van der Waals surface area contributed by atoms with Gasteiger partial charge in [-0.2, -0.15) is 0 Å². The number of rotatable bonds is 6. The van der Waals surface area contributed by atoms with E-state index in [0.29, 0.717) is 29.4 Å². The highest BCUT2D eigenvalue weighted by molar-refractivity contribution is 9.10. The molecule has 7 nitrogen and oxygen atoms in total. The number of barbiturate groups is 1. The van der Waals surface area contributed by atoms with E-state index in [0.717, 1.165) is 15.8 Å². The second-order valence-corrected chi connectivity index (χ2v) is 7.10. The van der Waals surface area contributed by atoms with Crippen LogP contribution in [-0.4, -0.2) is 31.6 Å². The van der Waals surface area contributed by atoms with E-state index in [4.69, 9.17) is 9.47 Å². The lowest BCUT2D eigenvalue weighted by molar-refractivity contribution is -0.122. The number of benzene rings is 2. The van der Waals surface area contributed by atoms with Crippen LogP contribution in [0.3, 0.4) is 0 Å². The lowest BCUT2D eigenvalue weighted by atomic mass is 10.1. The highest BCUT2D eigenvalue weighted by Crippen LogP contribution is 2.28. The van der Waals surface area contributed by atoms with Crippen LogP contribution in [0.5, 0.6) is 11.5 Å². The molecule has 3 rings (SSSR count). The molecule has 1 heterocycles. The lowest BCUT2D eigenvalue weighted by Gasteiger charge is -2.26. The third kappa shape index (κ3) is 4.48. The van der Waals surface area contributed by atoms with E-state index in [1.54, 1.807) is 36.4 Å². The molecule has 0 aromatic heterocycles. The van der Waals surface area contributed by atoms with E-state index in [1.165, 1.54) is 13.2 Å². The number of anilines is 1. The summed E-state index contributed by atoms with van der Waals surface area (Å²) >= 11 is 3.38. The molecule has 2 aromatic rings. The molecule has 1 saturated heterocycles. The fourth-order valence-electron chi connectivity index (χ4n) is 2.75. The average Bonchev–Trinajstić information content (AvgIpc) is 2.71. The van der Waals surface area contributed by atoms with Crippen molar-refractivity contribution in [1.29, 1.82) is 0 Å². The van der Waals surface area contributed by atoms with E-state index < -0.39 is 17.8 Å². The molecule has 0 unspecified atom stereocenters. The first kappa shape index (κ1) is 20.6. The second kappa shape index (κ2) is 8.91. The molecule has 1 fully saturated rings. The van der Waals surface area contributed by atoms with Crippen molar-refractivity contribution in [2.45, 2.75) is 13.3 Å². The third-order valence-corrected chi connectivity index (χ3v) is 4.66. The summed E-state index contributed by atoms with van der Waals surface area (Å²) in [7, 11) is 1.52. The topological polar surface area (TPSA) is 84.9 Å². The van der Waals surface area contributed by atoms with Gasteiger partial charge in [-0.15, -0.1) is 0 Å². The SMILES string of the molecule is CCCOc1ccc(Br)cc1/C=C1\C(=O)NC(=O)N(c2ccc(OC)cc2)C1=O. The van der Waals surface area contributed by atoms with E-state index >= 15 is 0 Å². The Hall–Kier alpha value is -3.13. The number of hydrogen-bond donors (Lipinski definition) is 1. The van der Waals surface area contributed by atoms with E-state index in [-0.39, 0.29) is 5.57 Å². The highest BCUT2D eigenvalue weighted by atomic mass is 79.9. The van der Waals surface area contributed by atoms with Crippen LogP contribution in [0.1, 0.15) is 18.9 Å². The molecular weight excluding hydrogens is 440 g/mol. The summed E-state index contributed by atoms with van der Waals surface area (Å²) in [6, 6.07) is 10.9. The maximum absolute atomic E-state index is 13.0. The van der Waals surface area contributed by atoms with Gasteiger partial charge >= 0.3 is 6.03 Å². The minimum atomic E-state index is -0.806. The number of halogens is 1. The number of hydrogen-bond acceptors (Lipinski definition) is 5. The standard InChI is InChI=1S/C21H19BrN2O5/c1-3-10-29-18-9-4-14(22)11-13(18)12-17-19(25)23-21(27)24(20(17)26)15-5-7-16(28-2)8-6-15/h4-9,11-12H,3,10H2,1-2H3,(H,23,25,27)/b17-12+. The summed E-state index contributed by atoms with van der Waals surface area (Å²) < 4.78 is 11.6. The van der Waals surface area contributed by atoms with Gasteiger partial charge in [0.25, 0.3) is 11.8 Å². The highest BCUT2D eigenvalue weighted by Gasteiger charge is 2.37. The Labute approximate surface area is 176 Å². The fraction of sp³-hybridized carbons (Fsp3) is 0.190. The maximum atomic E-state index is 13.0. The average molecular weight is 459 g/mol. The molecule has 2 aromatic carbocycles. The van der Waals surface area contributed by atoms with Crippen LogP contribution in [0.2, 0.25) is 0 Å². The van der Waals surface area contributed by atoms with Crippen LogP contribution >= 0.6 is 15.9 Å². The molecule has 1 N–H and O–H groups in total. The molecular formula is C21H19BrN2O5. The number of methoxy groups -OCH3 is 1. The Morgan fingerprint density at radius 2 is 1.83 bits per heavy atom. The number of carbonyl (C=O) groups is 3. The van der Waals surface area contributed by atoms with Crippen molar-refractivity contribution in [3.8, 4) is 11.5 Å². The van der Waals surface area contributed by atoms with Gasteiger partial charge < -0.3 is 9.47 Å². The summed E-state index contributed by atoms with van der Waals surface area (Å²) in [5.74, 6) is -0.357. The molecule has 150 valence electrons. The van der Waals surface area contributed by atoms with Crippen molar-refractivity contribution in [2.75, 3.05) is 18.6 Å². The molecule has 0 atom stereocenters. The molecule has 0 aliphatic carbocycles. The van der Waals surface area contributed by atoms with E-state index in [1.807, 2.05) is 13.0 Å². The minimum Gasteiger partial charge on any atom is -0.497 e. The van der Waals surface area contributed by atoms with Gasteiger partial charge in [0.15, 0.2) is 0 Å². The molecule has 8 heteroatoms. The van der Waals surface area contributed by atoms with Crippen molar-refractivity contribution >= 4 is 45.5 Å². The van der Waals surface area contributed by atoms with Crippen molar-refractivity contribution in [1.82, 2.24) is 5.32 Å². The molecule has 29 heavy (non-hydrogen) atoms. The Morgan fingerprint density at radius 1 is 1.10 bits per heavy atom. The monoisotopic (exact) mass is 458 g/mol. The van der Waals surface area contributed by atoms with Gasteiger partial charge in [-0.3, -0.25) is 14.9 Å². The summed E-state index contributed by atoms with van der Waals surface area (Å²) in [5.41, 5.74) is 0.707. The smallest absolute Gasteiger partial charge is 0.335 e. The molecule has 1 aliphatic rings. The van der Waals surface area contributed by atoms with Crippen LogP contribution in [0.15, 0.2) is 52.5 Å². The van der Waals surface area contributed by atoms with Gasteiger partial charge in [0.2, 0.25) is 0 Å². The maximum Gasteiger partial charge on any atom is 0.335 e. The summed E-state index contributed by atoms with van der Waals surface area (Å²) in [6.45, 7) is 2.47. The molecule has 4 amide bonds. The minimum absolute atomic E-state index is 0.167. The Bertz CT molecular complexity index is 985. The first-order valence-corrected chi connectivity index (χ1v) is 9.71. The third-order valence-electron chi connectivity index (χ3n) is 4.17. The van der Waals surface area contributed by atoms with Crippen LogP contribution in [0.25, 0.3) is 6.08 Å². The van der Waals surface area contributed by atoms with E-state index in [2.05, 4.69) is 21.2 Å². The normalized spacial score (nSPS) is 15.5. The van der Waals surface area contributed by atoms with Crippen molar-refractivity contribution in [3.63, 3.8) is 0 Å². The number of imide groups is 2. The zero-order valence-electron chi connectivity index (χ0n) is 15.9. The first-order valence-electron chi connectivity index (χ1n) is 8.92. The van der Waals surface area contributed by atoms with Crippen molar-refractivity contribution in [2.24, 2.45) is 0 Å². The first-order chi connectivity index (χ1) is 13.9. The van der Waals surface area contributed by atoms with Gasteiger partial charge in [-0.1, -0.05) is 22.9 Å². The van der Waals surface area contributed by atoms with E-state index in [9.17, 15) is 14.4 Å². The van der Waals surface area contributed by atoms with Crippen LogP contribution in [0.4, 0.5) is 10.5 Å². The van der Waals surface area contributed by atoms with Crippen LogP contribution in [0, 0.1) is 0 Å². The summed E-state index contributed by atoms with van der Waals surface area (Å²) in [6.07, 6.45) is 2.24. The van der Waals surface area contributed by atoms with Gasteiger partial charge in [-0.25, -0.2) is 9.69 Å². The van der Waals surface area contributed by atoms with Crippen molar-refractivity contribution < 1.29 is 23.9 Å². The van der Waals surface area contributed by atoms with Crippen LogP contribution in [-0.2, 0) is 9.59 Å². The van der Waals surface area contributed by atoms with Crippen LogP contribution < -0.4 is 19.7 Å². The fourth-order valence-corrected chi connectivity index (χ4v) is 3.13. The predicted octanol–water partition coefficient (Wildman–Crippen LogP) is 3.91. The Morgan fingerprint density at radius 3 is 2.48 bits per heavy atom. The summed E-state index contributed by atoms with van der Waals surface area (Å²) in [4.78, 5) is 38.6. The number of carbonyl (C=O) groups excluding carboxylic acids is 3. The number of urea groups is 1. The molecule has 0 spiro atoms. The lowest BCUT2D eigenvalue weighted by Crippen LogP contribution is -2.54. The quantitative estimate of drug-likeness (QED) is 0.523. The number of nitrogens with zero attached hydrogens (tertiary/aromatic N) is 1. The molecule has 0 saturated carbocycles. The van der Waals surface area contributed by atoms with Gasteiger partial charge in [-0.05, 0) is 55.0 Å². The Kier molecular flexibility index (Phi) is 6.33. The molecule has 0 radical (unpaired) electrons. The summed E-state index contributed by atoms with van der Waals surface area (Å²) in [5, 5.41) is 2.21. The van der Waals surface area contributed by atoms with Crippen molar-refractivity contribution in [3.05, 3.63) is 58.1 Å². The number of nitrogens with one attached hydrogen (secondary N) is 1. The van der Waals surface area contributed by atoms with Gasteiger partial charge in [0.1, 0.15) is 17.1 Å². The second-order valence-electron chi connectivity index (χ2n) is 6.19. The zero-order chi connectivity index (χ0) is 21.0.